The molecule has 0 fully saturated rings. The predicted molar refractivity (Wildman–Crippen MR) is 60.1 cm³/mol. The minimum atomic E-state index is -0.987. The second kappa shape index (κ2) is 6.67. The van der Waals surface area contributed by atoms with Gasteiger partial charge in [0.15, 0.2) is 0 Å². The van der Waals surface area contributed by atoms with Gasteiger partial charge in [-0.15, -0.1) is 0 Å². The van der Waals surface area contributed by atoms with Crippen molar-refractivity contribution in [1.29, 1.82) is 0 Å². The maximum absolute atomic E-state index is 3.47. The van der Waals surface area contributed by atoms with E-state index in [1.54, 1.807) is 0 Å². The van der Waals surface area contributed by atoms with Crippen LogP contribution >= 0.6 is 0 Å². The minimum Gasteiger partial charge on any atom is -0.340 e. The van der Waals surface area contributed by atoms with Crippen molar-refractivity contribution >= 4 is 8.24 Å². The van der Waals surface area contributed by atoms with Crippen LogP contribution in [0.25, 0.3) is 0 Å². The first kappa shape index (κ1) is 12.2. The van der Waals surface area contributed by atoms with Crippen LogP contribution in [0.4, 0.5) is 0 Å². The molecule has 1 N–H and O–H groups in total. The van der Waals surface area contributed by atoms with Crippen LogP contribution in [0, 0.1) is 0 Å². The summed E-state index contributed by atoms with van der Waals surface area (Å²) in [6.07, 6.45) is 7.07. The molecule has 0 radical (unpaired) electrons. The highest BCUT2D eigenvalue weighted by atomic mass is 28.3. The van der Waals surface area contributed by atoms with Gasteiger partial charge in [0.1, 0.15) is 8.24 Å². The highest BCUT2D eigenvalue weighted by molar-refractivity contribution is 6.74. The fourth-order valence-electron chi connectivity index (χ4n) is 1.30. The van der Waals surface area contributed by atoms with Crippen molar-refractivity contribution in [3.05, 3.63) is 0 Å². The van der Waals surface area contributed by atoms with Gasteiger partial charge in [-0.05, 0) is 13.1 Å². The van der Waals surface area contributed by atoms with Gasteiger partial charge >= 0.3 is 0 Å². The van der Waals surface area contributed by atoms with Crippen LogP contribution in [0.5, 0.6) is 0 Å². The van der Waals surface area contributed by atoms with Gasteiger partial charge in [0.05, 0.1) is 0 Å². The SMILES string of the molecule is CCCCCCC[Si](C)(C)NC. The van der Waals surface area contributed by atoms with Gasteiger partial charge < -0.3 is 4.98 Å². The summed E-state index contributed by atoms with van der Waals surface area (Å²) < 4.78 is 0. The molecular formula is C10H25NSi. The number of nitrogens with one attached hydrogen (secondary N) is 1. The second-order valence-corrected chi connectivity index (χ2v) is 9.07. The lowest BCUT2D eigenvalue weighted by Crippen LogP contribution is -2.41. The van der Waals surface area contributed by atoms with Crippen molar-refractivity contribution in [2.24, 2.45) is 0 Å². The van der Waals surface area contributed by atoms with Crippen LogP contribution in [0.2, 0.25) is 19.1 Å². The van der Waals surface area contributed by atoms with Crippen molar-refractivity contribution in [3.63, 3.8) is 0 Å². The Bertz CT molecular complexity index is 102. The lowest BCUT2D eigenvalue weighted by Gasteiger charge is -2.20. The summed E-state index contributed by atoms with van der Waals surface area (Å²) in [5.41, 5.74) is 0. The van der Waals surface area contributed by atoms with Crippen LogP contribution < -0.4 is 4.98 Å². The normalized spacial score (nSPS) is 12.0. The van der Waals surface area contributed by atoms with Crippen LogP contribution in [-0.2, 0) is 0 Å². The molecule has 0 atom stereocenters. The van der Waals surface area contributed by atoms with E-state index in [1.807, 2.05) is 0 Å². The maximum atomic E-state index is 3.47. The van der Waals surface area contributed by atoms with Crippen LogP contribution in [0.15, 0.2) is 0 Å². The Balaban J connectivity index is 3.19. The van der Waals surface area contributed by atoms with E-state index >= 15 is 0 Å². The Hall–Kier alpha value is 0.177. The Morgan fingerprint density at radius 2 is 1.58 bits per heavy atom. The van der Waals surface area contributed by atoms with Crippen LogP contribution in [-0.4, -0.2) is 15.3 Å². The van der Waals surface area contributed by atoms with Gasteiger partial charge in [0.2, 0.25) is 0 Å². The molecule has 0 amide bonds. The zero-order valence-corrected chi connectivity index (χ0v) is 10.2. The fraction of sp³-hybridized carbons (Fsp3) is 1.00. The topological polar surface area (TPSA) is 12.0 Å². The molecule has 0 aliphatic rings. The molecule has 0 aliphatic carbocycles. The van der Waals surface area contributed by atoms with Gasteiger partial charge in [-0.1, -0.05) is 52.1 Å². The van der Waals surface area contributed by atoms with Gasteiger partial charge in [-0.3, -0.25) is 0 Å². The molecule has 0 unspecified atom stereocenters. The monoisotopic (exact) mass is 187 g/mol. The van der Waals surface area contributed by atoms with E-state index in [0.717, 1.165) is 0 Å². The molecule has 0 aromatic heterocycles. The summed E-state index contributed by atoms with van der Waals surface area (Å²) in [6, 6.07) is 1.44. The Labute approximate surface area is 79.0 Å². The zero-order chi connectivity index (χ0) is 9.45. The third kappa shape index (κ3) is 6.86. The molecule has 2 heteroatoms. The summed E-state index contributed by atoms with van der Waals surface area (Å²) in [6.45, 7) is 7.09. The first-order valence-corrected chi connectivity index (χ1v) is 8.52. The molecule has 0 rings (SSSR count). The molecule has 0 bridgehead atoms. The summed E-state index contributed by atoms with van der Waals surface area (Å²) in [5, 5.41) is 0. The Morgan fingerprint density at radius 3 is 2.08 bits per heavy atom. The van der Waals surface area contributed by atoms with E-state index in [4.69, 9.17) is 0 Å². The first-order valence-electron chi connectivity index (χ1n) is 5.31. The fourth-order valence-corrected chi connectivity index (χ4v) is 2.68. The van der Waals surface area contributed by atoms with E-state index in [9.17, 15) is 0 Å². The predicted octanol–water partition coefficient (Wildman–Crippen LogP) is 3.38. The number of rotatable bonds is 7. The summed E-state index contributed by atoms with van der Waals surface area (Å²) in [5.74, 6) is 0. The zero-order valence-electron chi connectivity index (χ0n) is 9.24. The van der Waals surface area contributed by atoms with Crippen molar-refractivity contribution in [2.75, 3.05) is 7.05 Å². The quantitative estimate of drug-likeness (QED) is 0.476. The van der Waals surface area contributed by atoms with Gasteiger partial charge in [0.25, 0.3) is 0 Å². The summed E-state index contributed by atoms with van der Waals surface area (Å²) in [4.78, 5) is 3.47. The van der Waals surface area contributed by atoms with E-state index < -0.39 is 8.24 Å². The van der Waals surface area contributed by atoms with Crippen LogP contribution in [0.1, 0.15) is 39.0 Å². The third-order valence-corrected chi connectivity index (χ3v) is 5.54. The molecule has 0 heterocycles. The van der Waals surface area contributed by atoms with E-state index in [-0.39, 0.29) is 0 Å². The molecule has 0 aromatic rings. The smallest absolute Gasteiger partial charge is 0.119 e. The molecule has 0 aromatic carbocycles. The highest BCUT2D eigenvalue weighted by Crippen LogP contribution is 2.12. The van der Waals surface area contributed by atoms with Gasteiger partial charge in [0, 0.05) is 0 Å². The molecule has 12 heavy (non-hydrogen) atoms. The lowest BCUT2D eigenvalue weighted by molar-refractivity contribution is 0.651. The number of unbranched alkanes of at least 4 members (excludes halogenated alkanes) is 4. The summed E-state index contributed by atoms with van der Waals surface area (Å²) in [7, 11) is 1.12. The summed E-state index contributed by atoms with van der Waals surface area (Å²) >= 11 is 0. The number of hydrogen-bond donors (Lipinski definition) is 1. The van der Waals surface area contributed by atoms with E-state index in [0.29, 0.717) is 0 Å². The number of hydrogen-bond acceptors (Lipinski definition) is 1. The Kier molecular flexibility index (Phi) is 6.77. The average molecular weight is 187 g/mol. The molecule has 0 saturated heterocycles. The van der Waals surface area contributed by atoms with Crippen molar-refractivity contribution < 1.29 is 0 Å². The molecule has 1 nitrogen and oxygen atoms in total. The van der Waals surface area contributed by atoms with E-state index in [1.165, 1.54) is 38.1 Å². The largest absolute Gasteiger partial charge is 0.340 e. The van der Waals surface area contributed by atoms with E-state index in [2.05, 4.69) is 32.0 Å². The van der Waals surface area contributed by atoms with Crippen LogP contribution in [0.3, 0.4) is 0 Å². The van der Waals surface area contributed by atoms with Crippen molar-refractivity contribution in [3.8, 4) is 0 Å². The molecule has 0 aliphatic heterocycles. The molecular weight excluding hydrogens is 162 g/mol. The second-order valence-electron chi connectivity index (χ2n) is 4.30. The maximum Gasteiger partial charge on any atom is 0.119 e. The Morgan fingerprint density at radius 1 is 1.00 bits per heavy atom. The molecule has 0 spiro atoms. The van der Waals surface area contributed by atoms with Gasteiger partial charge in [-0.25, -0.2) is 0 Å². The molecule has 0 saturated carbocycles. The van der Waals surface area contributed by atoms with Crippen molar-refractivity contribution in [2.45, 2.75) is 58.2 Å². The average Bonchev–Trinajstić information content (AvgIpc) is 2.04. The highest BCUT2D eigenvalue weighted by Gasteiger charge is 2.16. The standard InChI is InChI=1S/C10H25NSi/c1-5-6-7-8-9-10-12(3,4)11-2/h11H,5-10H2,1-4H3. The third-order valence-electron chi connectivity index (χ3n) is 2.58. The van der Waals surface area contributed by atoms with Gasteiger partial charge in [-0.2, -0.15) is 0 Å². The lowest BCUT2D eigenvalue weighted by atomic mass is 10.2. The molecule has 74 valence electrons. The first-order chi connectivity index (χ1) is 5.62. The minimum absolute atomic E-state index is 0.987. The van der Waals surface area contributed by atoms with Crippen molar-refractivity contribution in [1.82, 2.24) is 4.98 Å².